The fourth-order valence-corrected chi connectivity index (χ4v) is 3.02. The number of pyridine rings is 1. The van der Waals surface area contributed by atoms with Crippen molar-refractivity contribution in [3.63, 3.8) is 0 Å². The summed E-state index contributed by atoms with van der Waals surface area (Å²) in [6.07, 6.45) is 3.85. The van der Waals surface area contributed by atoms with Crippen LogP contribution in [-0.2, 0) is 6.42 Å². The van der Waals surface area contributed by atoms with Crippen LogP contribution in [0.5, 0.6) is 0 Å². The molecule has 26 heavy (non-hydrogen) atoms. The Hall–Kier alpha value is -2.73. The Balaban J connectivity index is 1.74. The summed E-state index contributed by atoms with van der Waals surface area (Å²) in [7, 11) is 2.04. The fourth-order valence-electron chi connectivity index (χ4n) is 3.02. The van der Waals surface area contributed by atoms with Crippen LogP contribution in [0.3, 0.4) is 0 Å². The molecule has 6 nitrogen and oxygen atoms in total. The highest BCUT2D eigenvalue weighted by atomic mass is 16.2. The quantitative estimate of drug-likeness (QED) is 0.917. The van der Waals surface area contributed by atoms with Crippen molar-refractivity contribution in [1.29, 1.82) is 0 Å². The molecule has 1 fully saturated rings. The summed E-state index contributed by atoms with van der Waals surface area (Å²) >= 11 is 0. The van der Waals surface area contributed by atoms with E-state index in [1.54, 1.807) is 6.07 Å². The Morgan fingerprint density at radius 1 is 1.08 bits per heavy atom. The van der Waals surface area contributed by atoms with Crippen molar-refractivity contribution in [1.82, 2.24) is 14.8 Å². The van der Waals surface area contributed by atoms with Gasteiger partial charge in [0.25, 0.3) is 11.8 Å². The van der Waals surface area contributed by atoms with Gasteiger partial charge in [0.2, 0.25) is 0 Å². The minimum Gasteiger partial charge on any atom is -0.336 e. The number of aromatic nitrogens is 1. The zero-order chi connectivity index (χ0) is 18.5. The van der Waals surface area contributed by atoms with Gasteiger partial charge in [0, 0.05) is 44.3 Å². The molecule has 2 heterocycles. The lowest BCUT2D eigenvalue weighted by Crippen LogP contribution is -2.47. The van der Waals surface area contributed by atoms with Gasteiger partial charge in [-0.2, -0.15) is 0 Å². The van der Waals surface area contributed by atoms with Crippen molar-refractivity contribution in [2.75, 3.05) is 38.5 Å². The molecule has 0 radical (unpaired) electrons. The largest absolute Gasteiger partial charge is 0.336 e. The van der Waals surface area contributed by atoms with Crippen molar-refractivity contribution in [2.45, 2.75) is 13.3 Å². The third-order valence-electron chi connectivity index (χ3n) is 4.68. The molecule has 0 aliphatic carbocycles. The third-order valence-corrected chi connectivity index (χ3v) is 4.68. The van der Waals surface area contributed by atoms with Gasteiger partial charge in [-0.1, -0.05) is 25.1 Å². The Kier molecular flexibility index (Phi) is 5.63. The van der Waals surface area contributed by atoms with E-state index in [2.05, 4.69) is 15.2 Å². The molecular formula is C20H24N4O2. The molecule has 0 atom stereocenters. The number of piperazine rings is 1. The van der Waals surface area contributed by atoms with Crippen LogP contribution in [0.25, 0.3) is 0 Å². The number of hydrogen-bond acceptors (Lipinski definition) is 4. The highest BCUT2D eigenvalue weighted by Gasteiger charge is 2.21. The molecule has 0 bridgehead atoms. The van der Waals surface area contributed by atoms with Gasteiger partial charge in [0.15, 0.2) is 0 Å². The van der Waals surface area contributed by atoms with Crippen LogP contribution in [0.2, 0.25) is 0 Å². The lowest BCUT2D eigenvalue weighted by atomic mass is 10.1. The molecule has 136 valence electrons. The van der Waals surface area contributed by atoms with Crippen LogP contribution in [0.15, 0.2) is 42.7 Å². The summed E-state index contributed by atoms with van der Waals surface area (Å²) < 4.78 is 0. The smallest absolute Gasteiger partial charge is 0.257 e. The van der Waals surface area contributed by atoms with E-state index in [4.69, 9.17) is 0 Å². The second-order valence-electron chi connectivity index (χ2n) is 6.52. The first kappa shape index (κ1) is 18.1. The number of carbonyl (C=O) groups excluding carboxylic acids is 2. The summed E-state index contributed by atoms with van der Waals surface area (Å²) in [5, 5.41) is 2.92. The average molecular weight is 352 g/mol. The minimum absolute atomic E-state index is 0.0748. The van der Waals surface area contributed by atoms with Crippen LogP contribution >= 0.6 is 0 Å². The van der Waals surface area contributed by atoms with Crippen molar-refractivity contribution in [3.8, 4) is 0 Å². The number of nitrogens with zero attached hydrogens (tertiary/aromatic N) is 3. The molecule has 2 amide bonds. The molecular weight excluding hydrogens is 328 g/mol. The van der Waals surface area contributed by atoms with Crippen molar-refractivity contribution < 1.29 is 9.59 Å². The average Bonchev–Trinajstić information content (AvgIpc) is 2.68. The zero-order valence-electron chi connectivity index (χ0n) is 15.2. The van der Waals surface area contributed by atoms with Gasteiger partial charge in [-0.05, 0) is 31.2 Å². The van der Waals surface area contributed by atoms with Crippen molar-refractivity contribution in [3.05, 3.63) is 59.4 Å². The van der Waals surface area contributed by atoms with E-state index in [1.807, 2.05) is 43.1 Å². The predicted molar refractivity (Wildman–Crippen MR) is 101 cm³/mol. The maximum Gasteiger partial charge on any atom is 0.257 e. The number of para-hydroxylation sites is 1. The van der Waals surface area contributed by atoms with Gasteiger partial charge in [-0.15, -0.1) is 0 Å². The molecule has 6 heteroatoms. The second-order valence-corrected chi connectivity index (χ2v) is 6.52. The normalized spacial score (nSPS) is 14.9. The standard InChI is InChI=1S/C20H24N4O2/c1-3-15-6-4-5-7-18(15)22-19(25)16-12-17(14-21-13-16)20(26)24-10-8-23(2)9-11-24/h4-7,12-14H,3,8-11H2,1-2H3,(H,22,25). The van der Waals surface area contributed by atoms with E-state index >= 15 is 0 Å². The van der Waals surface area contributed by atoms with E-state index in [9.17, 15) is 9.59 Å². The van der Waals surface area contributed by atoms with Crippen molar-refractivity contribution in [2.24, 2.45) is 0 Å². The number of likely N-dealkylation sites (N-methyl/N-ethyl adjacent to an activating group) is 1. The van der Waals surface area contributed by atoms with Gasteiger partial charge < -0.3 is 15.1 Å². The van der Waals surface area contributed by atoms with E-state index < -0.39 is 0 Å². The summed E-state index contributed by atoms with van der Waals surface area (Å²) in [6.45, 7) is 5.13. The maximum absolute atomic E-state index is 12.7. The first-order valence-electron chi connectivity index (χ1n) is 8.90. The second kappa shape index (κ2) is 8.10. The molecule has 1 saturated heterocycles. The van der Waals surface area contributed by atoms with E-state index in [-0.39, 0.29) is 11.8 Å². The topological polar surface area (TPSA) is 65.5 Å². The maximum atomic E-state index is 12.7. The molecule has 1 aromatic heterocycles. The number of nitrogens with one attached hydrogen (secondary N) is 1. The van der Waals surface area contributed by atoms with Gasteiger partial charge in [0.05, 0.1) is 11.1 Å². The lowest BCUT2D eigenvalue weighted by molar-refractivity contribution is 0.0663. The summed E-state index contributed by atoms with van der Waals surface area (Å²) in [5.41, 5.74) is 2.69. The Labute approximate surface area is 153 Å². The Morgan fingerprint density at radius 3 is 2.50 bits per heavy atom. The van der Waals surface area contributed by atoms with Gasteiger partial charge >= 0.3 is 0 Å². The van der Waals surface area contributed by atoms with Crippen LogP contribution in [0.1, 0.15) is 33.2 Å². The first-order valence-corrected chi connectivity index (χ1v) is 8.90. The molecule has 1 aromatic carbocycles. The number of aryl methyl sites for hydroxylation is 1. The number of rotatable bonds is 4. The lowest BCUT2D eigenvalue weighted by Gasteiger charge is -2.32. The van der Waals surface area contributed by atoms with E-state index in [0.29, 0.717) is 24.2 Å². The zero-order valence-corrected chi connectivity index (χ0v) is 15.2. The Bertz CT molecular complexity index is 798. The molecule has 2 aromatic rings. The monoisotopic (exact) mass is 352 g/mol. The number of carbonyl (C=O) groups is 2. The molecule has 1 N–H and O–H groups in total. The van der Waals surface area contributed by atoms with E-state index in [0.717, 1.165) is 30.8 Å². The van der Waals surface area contributed by atoms with Gasteiger partial charge in [0.1, 0.15) is 0 Å². The molecule has 0 saturated carbocycles. The summed E-state index contributed by atoms with van der Waals surface area (Å²) in [6, 6.07) is 9.33. The molecule has 3 rings (SSSR count). The highest BCUT2D eigenvalue weighted by Crippen LogP contribution is 2.17. The van der Waals surface area contributed by atoms with Gasteiger partial charge in [-0.3, -0.25) is 14.6 Å². The molecule has 0 unspecified atom stereocenters. The van der Waals surface area contributed by atoms with Crippen LogP contribution in [0, 0.1) is 0 Å². The number of amides is 2. The SMILES string of the molecule is CCc1ccccc1NC(=O)c1cncc(C(=O)N2CCN(C)CC2)c1. The third kappa shape index (κ3) is 4.08. The number of benzene rings is 1. The van der Waals surface area contributed by atoms with Gasteiger partial charge in [-0.25, -0.2) is 0 Å². The molecule has 1 aliphatic rings. The molecule has 0 spiro atoms. The summed E-state index contributed by atoms with van der Waals surface area (Å²) in [4.78, 5) is 33.4. The van der Waals surface area contributed by atoms with E-state index in [1.165, 1.54) is 12.4 Å². The summed E-state index contributed by atoms with van der Waals surface area (Å²) in [5.74, 6) is -0.333. The van der Waals surface area contributed by atoms with Crippen LogP contribution in [0.4, 0.5) is 5.69 Å². The van der Waals surface area contributed by atoms with Crippen molar-refractivity contribution >= 4 is 17.5 Å². The molecule has 1 aliphatic heterocycles. The highest BCUT2D eigenvalue weighted by molar-refractivity contribution is 6.06. The number of anilines is 1. The minimum atomic E-state index is -0.258. The fraction of sp³-hybridized carbons (Fsp3) is 0.350. The van der Waals surface area contributed by atoms with Crippen LogP contribution < -0.4 is 5.32 Å². The predicted octanol–water partition coefficient (Wildman–Crippen LogP) is 2.28. The Morgan fingerprint density at radius 2 is 1.77 bits per heavy atom. The number of hydrogen-bond donors (Lipinski definition) is 1. The van der Waals surface area contributed by atoms with Crippen LogP contribution in [-0.4, -0.2) is 59.8 Å². The first-order chi connectivity index (χ1) is 12.6.